The number of thioether (sulfide) groups is 1. The zero-order valence-corrected chi connectivity index (χ0v) is 13.4. The average molecular weight is 325 g/mol. The van der Waals surface area contributed by atoms with Gasteiger partial charge in [-0.05, 0) is 17.6 Å². The molecule has 0 spiro atoms. The van der Waals surface area contributed by atoms with Crippen LogP contribution in [-0.2, 0) is 0 Å². The second-order valence-electron chi connectivity index (χ2n) is 4.38. The molecule has 21 heavy (non-hydrogen) atoms. The van der Waals surface area contributed by atoms with Crippen LogP contribution in [-0.4, -0.2) is 53.8 Å². The van der Waals surface area contributed by atoms with Gasteiger partial charge in [-0.1, -0.05) is 35.2 Å². The number of hydrogen-bond acceptors (Lipinski definition) is 8. The van der Waals surface area contributed by atoms with Gasteiger partial charge in [-0.3, -0.25) is 0 Å². The summed E-state index contributed by atoms with van der Waals surface area (Å²) in [6.07, 6.45) is 0. The summed E-state index contributed by atoms with van der Waals surface area (Å²) in [7, 11) is 2.42. The maximum absolute atomic E-state index is 8.99. The molecule has 0 aliphatic rings. The van der Waals surface area contributed by atoms with E-state index in [1.165, 1.54) is 0 Å². The van der Waals surface area contributed by atoms with Gasteiger partial charge in [0, 0.05) is 19.8 Å². The Labute approximate surface area is 131 Å². The first-order valence-electron chi connectivity index (χ1n) is 6.29. The zero-order valence-electron chi connectivity index (χ0n) is 11.8. The minimum absolute atomic E-state index is 0.446. The standard InChI is InChI=1S/C12H16BN3O3S2/c1-16(2)11-14-15-12(21-11)20-8-7-19-10-5-3-9(4-6-10)13(17)18/h3-6,17-18H,7-8H2,1-2H3. The highest BCUT2D eigenvalue weighted by molar-refractivity contribution is 8.01. The molecule has 0 amide bonds. The number of benzene rings is 1. The van der Waals surface area contributed by atoms with Crippen molar-refractivity contribution >= 4 is 40.8 Å². The highest BCUT2D eigenvalue weighted by atomic mass is 32.2. The molecule has 0 bridgehead atoms. The second-order valence-corrected chi connectivity index (χ2v) is 6.68. The first kappa shape index (κ1) is 16.1. The van der Waals surface area contributed by atoms with E-state index < -0.39 is 7.12 Å². The molecule has 0 saturated heterocycles. The van der Waals surface area contributed by atoms with Crippen LogP contribution >= 0.6 is 23.1 Å². The average Bonchev–Trinajstić information content (AvgIpc) is 2.93. The van der Waals surface area contributed by atoms with E-state index in [0.29, 0.717) is 17.8 Å². The van der Waals surface area contributed by atoms with Gasteiger partial charge in [-0.15, -0.1) is 10.2 Å². The summed E-state index contributed by atoms with van der Waals surface area (Å²) in [6, 6.07) is 6.69. The van der Waals surface area contributed by atoms with Crippen molar-refractivity contribution in [3.05, 3.63) is 24.3 Å². The summed E-state index contributed by atoms with van der Waals surface area (Å²) in [5, 5.41) is 27.0. The molecule has 0 atom stereocenters. The molecule has 112 valence electrons. The third-order valence-corrected chi connectivity index (χ3v) is 4.72. The van der Waals surface area contributed by atoms with Crippen molar-refractivity contribution < 1.29 is 14.8 Å². The molecule has 2 rings (SSSR count). The Morgan fingerprint density at radius 2 is 1.95 bits per heavy atom. The van der Waals surface area contributed by atoms with E-state index in [0.717, 1.165) is 15.2 Å². The second kappa shape index (κ2) is 7.65. The van der Waals surface area contributed by atoms with Crippen molar-refractivity contribution in [2.45, 2.75) is 4.34 Å². The maximum atomic E-state index is 8.99. The van der Waals surface area contributed by atoms with Crippen molar-refractivity contribution in [1.29, 1.82) is 0 Å². The number of nitrogens with zero attached hydrogens (tertiary/aromatic N) is 3. The predicted molar refractivity (Wildman–Crippen MR) is 86.7 cm³/mol. The van der Waals surface area contributed by atoms with Crippen LogP contribution in [0.1, 0.15) is 0 Å². The van der Waals surface area contributed by atoms with E-state index in [2.05, 4.69) is 10.2 Å². The van der Waals surface area contributed by atoms with Gasteiger partial charge < -0.3 is 19.7 Å². The van der Waals surface area contributed by atoms with Crippen LogP contribution in [0.15, 0.2) is 28.6 Å². The quantitative estimate of drug-likeness (QED) is 0.435. The number of hydrogen-bond donors (Lipinski definition) is 2. The third-order valence-electron chi connectivity index (χ3n) is 2.53. The van der Waals surface area contributed by atoms with Crippen LogP contribution in [0.3, 0.4) is 0 Å². The van der Waals surface area contributed by atoms with Gasteiger partial charge in [0.2, 0.25) is 5.13 Å². The van der Waals surface area contributed by atoms with Crippen molar-refractivity contribution in [2.24, 2.45) is 0 Å². The van der Waals surface area contributed by atoms with E-state index in [4.69, 9.17) is 14.8 Å². The molecule has 1 aromatic heterocycles. The highest BCUT2D eigenvalue weighted by Gasteiger charge is 2.10. The molecule has 0 radical (unpaired) electrons. The summed E-state index contributed by atoms with van der Waals surface area (Å²) < 4.78 is 6.50. The lowest BCUT2D eigenvalue weighted by molar-refractivity contribution is 0.344. The Morgan fingerprint density at radius 1 is 1.24 bits per heavy atom. The maximum Gasteiger partial charge on any atom is 0.488 e. The van der Waals surface area contributed by atoms with Gasteiger partial charge in [-0.25, -0.2) is 0 Å². The monoisotopic (exact) mass is 325 g/mol. The van der Waals surface area contributed by atoms with Crippen molar-refractivity contribution in [1.82, 2.24) is 10.2 Å². The number of anilines is 1. The lowest BCUT2D eigenvalue weighted by Gasteiger charge is -2.06. The minimum atomic E-state index is -1.45. The largest absolute Gasteiger partial charge is 0.493 e. The smallest absolute Gasteiger partial charge is 0.488 e. The molecule has 9 heteroatoms. The molecule has 0 aliphatic carbocycles. The summed E-state index contributed by atoms with van der Waals surface area (Å²) in [5.41, 5.74) is 0.446. The van der Waals surface area contributed by atoms with Gasteiger partial charge in [0.1, 0.15) is 5.75 Å². The normalized spacial score (nSPS) is 10.5. The fraction of sp³-hybridized carbons (Fsp3) is 0.333. The fourth-order valence-corrected chi connectivity index (χ4v) is 3.12. The Hall–Kier alpha value is -1.29. The van der Waals surface area contributed by atoms with Crippen LogP contribution in [0.25, 0.3) is 0 Å². The Kier molecular flexibility index (Phi) is 5.86. The summed E-state index contributed by atoms with van der Waals surface area (Å²) in [4.78, 5) is 1.93. The van der Waals surface area contributed by atoms with Crippen molar-refractivity contribution in [3.8, 4) is 5.75 Å². The summed E-state index contributed by atoms with van der Waals surface area (Å²) >= 11 is 3.15. The van der Waals surface area contributed by atoms with Crippen LogP contribution in [0.2, 0.25) is 0 Å². The Morgan fingerprint density at radius 3 is 2.52 bits per heavy atom. The molecule has 2 aromatic rings. The molecule has 1 aromatic carbocycles. The Bertz CT molecular complexity index is 563. The number of ether oxygens (including phenoxy) is 1. The number of rotatable bonds is 7. The predicted octanol–water partition coefficient (Wildman–Crippen LogP) is 0.455. The van der Waals surface area contributed by atoms with E-state index in [9.17, 15) is 0 Å². The van der Waals surface area contributed by atoms with Crippen LogP contribution in [0.5, 0.6) is 5.75 Å². The van der Waals surface area contributed by atoms with E-state index >= 15 is 0 Å². The molecule has 0 aliphatic heterocycles. The molecule has 2 N–H and O–H groups in total. The fourth-order valence-electron chi connectivity index (χ4n) is 1.47. The van der Waals surface area contributed by atoms with Crippen LogP contribution in [0.4, 0.5) is 5.13 Å². The minimum Gasteiger partial charge on any atom is -0.493 e. The van der Waals surface area contributed by atoms with E-state index in [1.54, 1.807) is 47.4 Å². The SMILES string of the molecule is CN(C)c1nnc(SCCOc2ccc(B(O)O)cc2)s1. The van der Waals surface area contributed by atoms with Gasteiger partial charge in [0.05, 0.1) is 6.61 Å². The molecular weight excluding hydrogens is 309 g/mol. The third kappa shape index (κ3) is 4.89. The van der Waals surface area contributed by atoms with Crippen LogP contribution in [0, 0.1) is 0 Å². The van der Waals surface area contributed by atoms with Gasteiger partial charge in [-0.2, -0.15) is 0 Å². The van der Waals surface area contributed by atoms with E-state index in [1.807, 2.05) is 19.0 Å². The van der Waals surface area contributed by atoms with E-state index in [-0.39, 0.29) is 0 Å². The zero-order chi connectivity index (χ0) is 15.2. The van der Waals surface area contributed by atoms with Crippen LogP contribution < -0.4 is 15.1 Å². The first-order valence-corrected chi connectivity index (χ1v) is 8.09. The van der Waals surface area contributed by atoms with Gasteiger partial charge in [0.15, 0.2) is 4.34 Å². The van der Waals surface area contributed by atoms with Gasteiger partial charge >= 0.3 is 7.12 Å². The summed E-state index contributed by atoms with van der Waals surface area (Å²) in [5.74, 6) is 1.47. The Balaban J connectivity index is 1.73. The van der Waals surface area contributed by atoms with Gasteiger partial charge in [0.25, 0.3) is 0 Å². The molecule has 6 nitrogen and oxygen atoms in total. The van der Waals surface area contributed by atoms with Crippen molar-refractivity contribution in [3.63, 3.8) is 0 Å². The molecule has 0 saturated carbocycles. The highest BCUT2D eigenvalue weighted by Crippen LogP contribution is 2.26. The molecule has 1 heterocycles. The first-order chi connectivity index (χ1) is 10.1. The van der Waals surface area contributed by atoms with Crippen molar-refractivity contribution in [2.75, 3.05) is 31.4 Å². The number of aromatic nitrogens is 2. The summed E-state index contributed by atoms with van der Waals surface area (Å²) in [6.45, 7) is 0.544. The lowest BCUT2D eigenvalue weighted by atomic mass is 9.80. The molecular formula is C12H16BN3O3S2. The topological polar surface area (TPSA) is 78.7 Å². The molecule has 0 fully saturated rings. The molecule has 0 unspecified atom stereocenters. The lowest BCUT2D eigenvalue weighted by Crippen LogP contribution is -2.29.